The second kappa shape index (κ2) is 8.89. The molecule has 0 N–H and O–H groups in total. The Morgan fingerprint density at radius 1 is 1.04 bits per heavy atom. The number of halogens is 1. The van der Waals surface area contributed by atoms with E-state index in [4.69, 9.17) is 0 Å². The summed E-state index contributed by atoms with van der Waals surface area (Å²) in [6.07, 6.45) is 0. The van der Waals surface area contributed by atoms with Gasteiger partial charge in [0.1, 0.15) is 0 Å². The first kappa shape index (κ1) is 17.8. The Labute approximate surface area is 151 Å². The van der Waals surface area contributed by atoms with Crippen LogP contribution in [0.25, 0.3) is 0 Å². The molecule has 120 valence electrons. The molecule has 2 aromatic rings. The van der Waals surface area contributed by atoms with Gasteiger partial charge in [0, 0.05) is 17.9 Å². The lowest BCUT2D eigenvalue weighted by atomic mass is 10.1. The second-order valence-corrected chi connectivity index (χ2v) is 6.21. The van der Waals surface area contributed by atoms with E-state index in [2.05, 4.69) is 22.0 Å². The summed E-state index contributed by atoms with van der Waals surface area (Å²) in [7, 11) is 0. The van der Waals surface area contributed by atoms with Crippen molar-refractivity contribution in [2.45, 2.75) is 6.54 Å². The second-order valence-electron chi connectivity index (χ2n) is 5.14. The molecule has 23 heavy (non-hydrogen) atoms. The average molecular weight is 391 g/mol. The van der Waals surface area contributed by atoms with Crippen LogP contribution >= 0.6 is 28.7 Å². The van der Waals surface area contributed by atoms with Crippen LogP contribution in [0.2, 0.25) is 0 Å². The molecule has 1 aliphatic rings. The van der Waals surface area contributed by atoms with Crippen molar-refractivity contribution in [1.29, 1.82) is 0 Å². The van der Waals surface area contributed by atoms with Gasteiger partial charge in [-0.1, -0.05) is 72.4 Å². The van der Waals surface area contributed by atoms with Crippen LogP contribution in [0.15, 0.2) is 65.7 Å². The van der Waals surface area contributed by atoms with Gasteiger partial charge in [0.25, 0.3) is 0 Å². The third-order valence-electron chi connectivity index (χ3n) is 3.49. The fourth-order valence-electron chi connectivity index (χ4n) is 2.40. The fourth-order valence-corrected chi connectivity index (χ4v) is 3.26. The normalized spacial score (nSPS) is 13.1. The monoisotopic (exact) mass is 390 g/mol. The molecule has 0 radical (unpaired) electrons. The minimum absolute atomic E-state index is 0. The molecule has 5 heteroatoms. The molecule has 3 rings (SSSR count). The third-order valence-corrected chi connectivity index (χ3v) is 4.52. The number of aliphatic imine (C=N–C) groups is 1. The molecule has 3 nitrogen and oxygen atoms in total. The van der Waals surface area contributed by atoms with Crippen LogP contribution in [0.5, 0.6) is 0 Å². The number of nitrogens with zero attached hydrogens (tertiary/aromatic N) is 2. The predicted molar refractivity (Wildman–Crippen MR) is 103 cm³/mol. The number of amidine groups is 1. The molecule has 0 atom stereocenters. The van der Waals surface area contributed by atoms with E-state index in [1.54, 1.807) is 11.8 Å². The molecule has 0 aliphatic carbocycles. The van der Waals surface area contributed by atoms with Crippen LogP contribution in [0.1, 0.15) is 15.9 Å². The summed E-state index contributed by atoms with van der Waals surface area (Å²) in [6.45, 7) is 1.92. The van der Waals surface area contributed by atoms with E-state index in [0.717, 1.165) is 23.0 Å². The van der Waals surface area contributed by atoms with Gasteiger partial charge in [0.2, 0.25) is 0 Å². The van der Waals surface area contributed by atoms with Gasteiger partial charge in [-0.15, -0.1) is 17.0 Å². The highest BCUT2D eigenvalue weighted by Gasteiger charge is 2.19. The van der Waals surface area contributed by atoms with Crippen LogP contribution in [-0.4, -0.2) is 34.7 Å². The highest BCUT2D eigenvalue weighted by Crippen LogP contribution is 2.18. The van der Waals surface area contributed by atoms with E-state index in [1.165, 1.54) is 5.56 Å². The summed E-state index contributed by atoms with van der Waals surface area (Å²) in [6, 6.07) is 19.7. The van der Waals surface area contributed by atoms with Gasteiger partial charge in [0.15, 0.2) is 11.0 Å². The molecule has 0 saturated heterocycles. The standard InChI is InChI=1S/C18H18N2OS.BrH/c21-17(16-9-5-2-6-10-16)14-20(18-19-11-12-22-18)13-15-7-3-1-4-8-15;/h1-10H,11-14H2;1H. The van der Waals surface area contributed by atoms with E-state index >= 15 is 0 Å². The van der Waals surface area contributed by atoms with Gasteiger partial charge in [0.05, 0.1) is 13.1 Å². The molecule has 1 heterocycles. The van der Waals surface area contributed by atoms with E-state index in [0.29, 0.717) is 13.1 Å². The Bertz CT molecular complexity index is 661. The molecule has 0 amide bonds. The van der Waals surface area contributed by atoms with E-state index in [-0.39, 0.29) is 22.8 Å². The average Bonchev–Trinajstić information content (AvgIpc) is 3.10. The minimum atomic E-state index is 0. The Balaban J connectivity index is 0.00000192. The number of thioether (sulfide) groups is 1. The molecule has 0 fully saturated rings. The predicted octanol–water partition coefficient (Wildman–Crippen LogP) is 4.05. The maximum absolute atomic E-state index is 12.5. The van der Waals surface area contributed by atoms with Gasteiger partial charge in [-0.25, -0.2) is 0 Å². The molecular weight excluding hydrogens is 372 g/mol. The first-order valence-electron chi connectivity index (χ1n) is 7.37. The summed E-state index contributed by atoms with van der Waals surface area (Å²) in [5.41, 5.74) is 1.95. The number of ketones is 1. The number of carbonyl (C=O) groups excluding carboxylic acids is 1. The molecule has 0 unspecified atom stereocenters. The van der Waals surface area contributed by atoms with Crippen LogP contribution < -0.4 is 0 Å². The largest absolute Gasteiger partial charge is 0.339 e. The van der Waals surface area contributed by atoms with Crippen molar-refractivity contribution < 1.29 is 4.79 Å². The Morgan fingerprint density at radius 2 is 1.70 bits per heavy atom. The molecule has 0 spiro atoms. The van der Waals surface area contributed by atoms with Crippen LogP contribution in [0.3, 0.4) is 0 Å². The lowest BCUT2D eigenvalue weighted by Crippen LogP contribution is -2.33. The van der Waals surface area contributed by atoms with Crippen molar-refractivity contribution in [3.05, 3.63) is 71.8 Å². The molecule has 2 aromatic carbocycles. The summed E-state index contributed by atoms with van der Waals surface area (Å²) in [5, 5.41) is 0.980. The zero-order valence-electron chi connectivity index (χ0n) is 12.7. The summed E-state index contributed by atoms with van der Waals surface area (Å²) >= 11 is 1.73. The Hall–Kier alpha value is -1.59. The van der Waals surface area contributed by atoms with Gasteiger partial charge in [-0.2, -0.15) is 0 Å². The van der Waals surface area contributed by atoms with E-state index < -0.39 is 0 Å². The zero-order chi connectivity index (χ0) is 15.2. The summed E-state index contributed by atoms with van der Waals surface area (Å²) in [5.74, 6) is 1.13. The van der Waals surface area contributed by atoms with Gasteiger partial charge in [-0.3, -0.25) is 9.79 Å². The number of benzene rings is 2. The van der Waals surface area contributed by atoms with Crippen molar-refractivity contribution in [3.8, 4) is 0 Å². The van der Waals surface area contributed by atoms with Crippen molar-refractivity contribution in [1.82, 2.24) is 4.90 Å². The minimum Gasteiger partial charge on any atom is -0.339 e. The van der Waals surface area contributed by atoms with E-state index in [9.17, 15) is 4.79 Å². The number of Topliss-reactive ketones (excluding diaryl/α,β-unsaturated/α-hetero) is 1. The Kier molecular flexibility index (Phi) is 6.86. The molecule has 0 saturated carbocycles. The van der Waals surface area contributed by atoms with Crippen molar-refractivity contribution in [3.63, 3.8) is 0 Å². The number of hydrogen-bond donors (Lipinski definition) is 0. The lowest BCUT2D eigenvalue weighted by molar-refractivity contribution is 0.0962. The quantitative estimate of drug-likeness (QED) is 0.721. The number of rotatable bonds is 5. The molecule has 0 bridgehead atoms. The van der Waals surface area contributed by atoms with Crippen molar-refractivity contribution in [2.24, 2.45) is 4.99 Å². The maximum Gasteiger partial charge on any atom is 0.182 e. The van der Waals surface area contributed by atoms with Crippen LogP contribution in [0.4, 0.5) is 0 Å². The SMILES string of the molecule is Br.O=C(CN(Cc1ccccc1)C1=NCCS1)c1ccccc1. The highest BCUT2D eigenvalue weighted by atomic mass is 79.9. The van der Waals surface area contributed by atoms with Crippen molar-refractivity contribution in [2.75, 3.05) is 18.8 Å². The molecule has 0 aromatic heterocycles. The third kappa shape index (κ3) is 4.94. The maximum atomic E-state index is 12.5. The first-order chi connectivity index (χ1) is 10.8. The van der Waals surface area contributed by atoms with Gasteiger partial charge >= 0.3 is 0 Å². The van der Waals surface area contributed by atoms with Crippen LogP contribution in [-0.2, 0) is 6.54 Å². The Morgan fingerprint density at radius 3 is 2.30 bits per heavy atom. The number of hydrogen-bond acceptors (Lipinski definition) is 4. The summed E-state index contributed by atoms with van der Waals surface area (Å²) in [4.78, 5) is 19.1. The number of carbonyl (C=O) groups is 1. The first-order valence-corrected chi connectivity index (χ1v) is 8.36. The highest BCUT2D eigenvalue weighted by molar-refractivity contribution is 8.93. The van der Waals surface area contributed by atoms with Crippen molar-refractivity contribution >= 4 is 39.7 Å². The van der Waals surface area contributed by atoms with Gasteiger partial charge in [-0.05, 0) is 5.56 Å². The van der Waals surface area contributed by atoms with E-state index in [1.807, 2.05) is 48.5 Å². The fraction of sp³-hybridized carbons (Fsp3) is 0.222. The zero-order valence-corrected chi connectivity index (χ0v) is 15.3. The molecule has 1 aliphatic heterocycles. The topological polar surface area (TPSA) is 32.7 Å². The molecular formula is C18H19BrN2OS. The summed E-state index contributed by atoms with van der Waals surface area (Å²) < 4.78 is 0. The smallest absolute Gasteiger partial charge is 0.182 e. The van der Waals surface area contributed by atoms with Crippen LogP contribution in [0, 0.1) is 0 Å². The lowest BCUT2D eigenvalue weighted by Gasteiger charge is -2.23. The van der Waals surface area contributed by atoms with Gasteiger partial charge < -0.3 is 4.90 Å².